The van der Waals surface area contributed by atoms with Crippen LogP contribution in [0.15, 0.2) is 18.3 Å². The summed E-state index contributed by atoms with van der Waals surface area (Å²) in [5.74, 6) is 2.43. The number of hydrogen-bond acceptors (Lipinski definition) is 3. The Morgan fingerprint density at radius 2 is 2.38 bits per heavy atom. The first-order chi connectivity index (χ1) is 7.65. The van der Waals surface area contributed by atoms with Crippen LogP contribution in [0.2, 0.25) is 0 Å². The van der Waals surface area contributed by atoms with Crippen molar-refractivity contribution in [2.24, 2.45) is 0 Å². The maximum atomic E-state index is 11.6. The summed E-state index contributed by atoms with van der Waals surface area (Å²) in [4.78, 5) is 17.1. The van der Waals surface area contributed by atoms with Gasteiger partial charge >= 0.3 is 0 Å². The van der Waals surface area contributed by atoms with E-state index in [1.807, 2.05) is 6.07 Å². The lowest BCUT2D eigenvalue weighted by molar-refractivity contribution is 0.0822. The molecule has 1 heterocycles. The summed E-state index contributed by atoms with van der Waals surface area (Å²) in [5.41, 5.74) is 1.28. The Labute approximate surface area is 95.7 Å². The topological polar surface area (TPSA) is 45.2 Å². The van der Waals surface area contributed by atoms with Crippen LogP contribution in [0.3, 0.4) is 0 Å². The number of terminal acetylenes is 1. The van der Waals surface area contributed by atoms with Crippen LogP contribution in [0.25, 0.3) is 0 Å². The number of hydrogen-bond donors (Lipinski definition) is 1. The van der Waals surface area contributed by atoms with Gasteiger partial charge in [-0.3, -0.25) is 9.78 Å². The van der Waals surface area contributed by atoms with Crippen molar-refractivity contribution in [1.29, 1.82) is 0 Å². The van der Waals surface area contributed by atoms with Gasteiger partial charge in [0.1, 0.15) is 5.69 Å². The number of rotatable bonds is 4. The maximum Gasteiger partial charge on any atom is 0.272 e. The third kappa shape index (κ3) is 3.28. The average Bonchev–Trinajstić information content (AvgIpc) is 2.29. The van der Waals surface area contributed by atoms with Crippen molar-refractivity contribution >= 4 is 11.6 Å². The van der Waals surface area contributed by atoms with Crippen LogP contribution in [0, 0.1) is 12.3 Å². The molecule has 0 fully saturated rings. The molecule has 0 aliphatic heterocycles. The fourth-order valence-electron chi connectivity index (χ4n) is 1.17. The smallest absolute Gasteiger partial charge is 0.272 e. The highest BCUT2D eigenvalue weighted by atomic mass is 16.2. The summed E-state index contributed by atoms with van der Waals surface area (Å²) in [7, 11) is 3.39. The van der Waals surface area contributed by atoms with Gasteiger partial charge in [0, 0.05) is 38.9 Å². The predicted molar refractivity (Wildman–Crippen MR) is 64.2 cm³/mol. The first-order valence-electron chi connectivity index (χ1n) is 5.00. The zero-order valence-corrected chi connectivity index (χ0v) is 9.53. The van der Waals surface area contributed by atoms with Crippen LogP contribution >= 0.6 is 0 Å². The fraction of sp³-hybridized carbons (Fsp3) is 0.333. The third-order valence-electron chi connectivity index (χ3n) is 1.98. The zero-order chi connectivity index (χ0) is 12.0. The molecule has 0 aliphatic rings. The Hall–Kier alpha value is -2.02. The minimum atomic E-state index is -0.111. The Bertz CT molecular complexity index is 407. The van der Waals surface area contributed by atoms with E-state index in [9.17, 15) is 4.79 Å². The molecular weight excluding hydrogens is 202 g/mol. The van der Waals surface area contributed by atoms with Gasteiger partial charge in [-0.05, 0) is 12.1 Å². The normalized spacial score (nSPS) is 9.31. The highest BCUT2D eigenvalue weighted by Gasteiger charge is 2.09. The van der Waals surface area contributed by atoms with Crippen molar-refractivity contribution in [1.82, 2.24) is 9.88 Å². The Balaban J connectivity index is 2.72. The molecule has 4 nitrogen and oxygen atoms in total. The molecule has 0 unspecified atom stereocenters. The van der Waals surface area contributed by atoms with Gasteiger partial charge in [0.05, 0.1) is 0 Å². The summed E-state index contributed by atoms with van der Waals surface area (Å²) in [6.07, 6.45) is 7.41. The van der Waals surface area contributed by atoms with Gasteiger partial charge in [0.15, 0.2) is 0 Å². The molecular formula is C12H15N3O. The number of anilines is 1. The van der Waals surface area contributed by atoms with Gasteiger partial charge in [0.25, 0.3) is 5.91 Å². The summed E-state index contributed by atoms with van der Waals surface area (Å²) in [6.45, 7) is 0.691. The number of carbonyl (C=O) groups is 1. The second-order valence-electron chi connectivity index (χ2n) is 3.51. The number of carbonyl (C=O) groups excluding carboxylic acids is 1. The number of aromatic nitrogens is 1. The molecule has 0 bridgehead atoms. The molecule has 0 spiro atoms. The van der Waals surface area contributed by atoms with Gasteiger partial charge in [-0.1, -0.05) is 0 Å². The average molecular weight is 217 g/mol. The first-order valence-corrected chi connectivity index (χ1v) is 5.00. The molecule has 0 saturated heterocycles. The van der Waals surface area contributed by atoms with Crippen molar-refractivity contribution < 1.29 is 4.79 Å². The van der Waals surface area contributed by atoms with E-state index in [2.05, 4.69) is 16.2 Å². The predicted octanol–water partition coefficient (Wildman–Crippen LogP) is 1.22. The lowest BCUT2D eigenvalue weighted by Crippen LogP contribution is -2.22. The molecule has 0 aliphatic carbocycles. The van der Waals surface area contributed by atoms with Crippen LogP contribution in [0.1, 0.15) is 16.9 Å². The molecule has 0 atom stereocenters. The van der Waals surface area contributed by atoms with E-state index >= 15 is 0 Å². The minimum absolute atomic E-state index is 0.111. The van der Waals surface area contributed by atoms with Gasteiger partial charge in [0.2, 0.25) is 0 Å². The second-order valence-corrected chi connectivity index (χ2v) is 3.51. The van der Waals surface area contributed by atoms with Crippen LogP contribution in [0.4, 0.5) is 5.69 Å². The summed E-state index contributed by atoms with van der Waals surface area (Å²) in [5, 5.41) is 3.13. The van der Waals surface area contributed by atoms with E-state index in [4.69, 9.17) is 6.42 Å². The molecule has 4 heteroatoms. The molecule has 0 aromatic carbocycles. The molecule has 84 valence electrons. The molecule has 0 saturated carbocycles. The van der Waals surface area contributed by atoms with Crippen LogP contribution in [0.5, 0.6) is 0 Å². The molecule has 1 rings (SSSR count). The van der Waals surface area contributed by atoms with Crippen LogP contribution < -0.4 is 5.32 Å². The molecule has 1 N–H and O–H groups in total. The van der Waals surface area contributed by atoms with E-state index < -0.39 is 0 Å². The largest absolute Gasteiger partial charge is 0.384 e. The van der Waals surface area contributed by atoms with Crippen molar-refractivity contribution in [2.45, 2.75) is 6.42 Å². The third-order valence-corrected chi connectivity index (χ3v) is 1.98. The standard InChI is InChI=1S/C12H15N3O/c1-4-5-7-13-10-6-8-14-11(9-10)12(16)15(2)3/h1,6,8-9H,5,7H2,2-3H3,(H,13,14). The van der Waals surface area contributed by atoms with Crippen molar-refractivity contribution in [3.8, 4) is 12.3 Å². The van der Waals surface area contributed by atoms with Gasteiger partial charge in [-0.25, -0.2) is 0 Å². The van der Waals surface area contributed by atoms with E-state index in [0.717, 1.165) is 5.69 Å². The monoisotopic (exact) mass is 217 g/mol. The summed E-state index contributed by atoms with van der Waals surface area (Å²) < 4.78 is 0. The Kier molecular flexibility index (Phi) is 4.34. The van der Waals surface area contributed by atoms with Crippen molar-refractivity contribution in [3.05, 3.63) is 24.0 Å². The first kappa shape index (κ1) is 12.1. The highest BCUT2D eigenvalue weighted by Crippen LogP contribution is 2.09. The van der Waals surface area contributed by atoms with E-state index in [1.54, 1.807) is 26.4 Å². The summed E-state index contributed by atoms with van der Waals surface area (Å²) >= 11 is 0. The lowest BCUT2D eigenvalue weighted by Gasteiger charge is -2.10. The number of nitrogens with one attached hydrogen (secondary N) is 1. The quantitative estimate of drug-likeness (QED) is 0.609. The van der Waals surface area contributed by atoms with E-state index in [-0.39, 0.29) is 5.91 Å². The second kappa shape index (κ2) is 5.76. The van der Waals surface area contributed by atoms with Gasteiger partial charge in [-0.15, -0.1) is 12.3 Å². The SMILES string of the molecule is C#CCCNc1ccnc(C(=O)N(C)C)c1. The number of nitrogens with zero attached hydrogens (tertiary/aromatic N) is 2. The van der Waals surface area contributed by atoms with Crippen molar-refractivity contribution in [3.63, 3.8) is 0 Å². The Morgan fingerprint density at radius 3 is 3.00 bits per heavy atom. The molecule has 0 radical (unpaired) electrons. The lowest BCUT2D eigenvalue weighted by atomic mass is 10.3. The Morgan fingerprint density at radius 1 is 1.62 bits per heavy atom. The minimum Gasteiger partial charge on any atom is -0.384 e. The van der Waals surface area contributed by atoms with Gasteiger partial charge in [-0.2, -0.15) is 0 Å². The highest BCUT2D eigenvalue weighted by molar-refractivity contribution is 5.92. The number of amides is 1. The maximum absolute atomic E-state index is 11.6. The molecule has 1 amide bonds. The number of pyridine rings is 1. The molecule has 1 aromatic heterocycles. The van der Waals surface area contributed by atoms with E-state index in [1.165, 1.54) is 4.90 Å². The van der Waals surface area contributed by atoms with Crippen LogP contribution in [-0.4, -0.2) is 36.4 Å². The van der Waals surface area contributed by atoms with Crippen molar-refractivity contribution in [2.75, 3.05) is 26.0 Å². The van der Waals surface area contributed by atoms with Crippen LogP contribution in [-0.2, 0) is 0 Å². The molecule has 16 heavy (non-hydrogen) atoms. The molecule has 1 aromatic rings. The van der Waals surface area contributed by atoms with Gasteiger partial charge < -0.3 is 10.2 Å². The zero-order valence-electron chi connectivity index (χ0n) is 9.53. The summed E-state index contributed by atoms with van der Waals surface area (Å²) in [6, 6.07) is 3.53. The van der Waals surface area contributed by atoms with E-state index in [0.29, 0.717) is 18.7 Å². The fourth-order valence-corrected chi connectivity index (χ4v) is 1.17.